The van der Waals surface area contributed by atoms with Crippen LogP contribution in [0.2, 0.25) is 0 Å². The van der Waals surface area contributed by atoms with Crippen molar-refractivity contribution >= 4 is 38.8 Å². The summed E-state index contributed by atoms with van der Waals surface area (Å²) in [6.07, 6.45) is 10.5. The second kappa shape index (κ2) is 12.8. The lowest BCUT2D eigenvalue weighted by molar-refractivity contribution is 0.524. The van der Waals surface area contributed by atoms with Gasteiger partial charge in [0.1, 0.15) is 0 Å². The Hall–Kier alpha value is -4.94. The monoisotopic (exact) mass is 718 g/mol. The smallest absolute Gasteiger partial charge is 0.00167 e. The summed E-state index contributed by atoms with van der Waals surface area (Å²) >= 11 is 0. The van der Waals surface area contributed by atoms with Gasteiger partial charge in [-0.25, -0.2) is 0 Å². The molecular formula is C55H58. The SMILES string of the molecule is CC(C)(C)c1cc2c(cc1C(C)(C)C)=c1c(c(C3=CC=CC3)c(C(C)(C)C)c(C(C)(C)C)c1=C(c1ccc3ccccc3c1)c1ccc3ccccc3c1)C=2. The van der Waals surface area contributed by atoms with E-state index in [0.29, 0.717) is 0 Å². The minimum absolute atomic E-state index is 0.00440. The van der Waals surface area contributed by atoms with Gasteiger partial charge in [-0.05, 0) is 150 Å². The lowest BCUT2D eigenvalue weighted by Crippen LogP contribution is -2.34. The molecule has 0 fully saturated rings. The molecule has 278 valence electrons. The molecule has 0 spiro atoms. The first-order chi connectivity index (χ1) is 25.8. The van der Waals surface area contributed by atoms with E-state index < -0.39 is 0 Å². The van der Waals surface area contributed by atoms with E-state index in [4.69, 9.17) is 0 Å². The van der Waals surface area contributed by atoms with Gasteiger partial charge in [-0.15, -0.1) is 0 Å². The summed E-state index contributed by atoms with van der Waals surface area (Å²) in [6.45, 7) is 28.9. The fourth-order valence-electron chi connectivity index (χ4n) is 9.40. The molecule has 2 aliphatic rings. The molecule has 0 atom stereocenters. The van der Waals surface area contributed by atoms with E-state index in [2.05, 4.69) is 204 Å². The Bertz CT molecular complexity index is 2760. The van der Waals surface area contributed by atoms with Crippen LogP contribution in [0.5, 0.6) is 0 Å². The molecule has 0 amide bonds. The average Bonchev–Trinajstić information content (AvgIpc) is 3.78. The number of hydrogen-bond acceptors (Lipinski definition) is 0. The molecule has 0 unspecified atom stereocenters. The molecular weight excluding hydrogens is 661 g/mol. The van der Waals surface area contributed by atoms with E-state index in [1.54, 1.807) is 0 Å². The summed E-state index contributed by atoms with van der Waals surface area (Å²) in [4.78, 5) is 0. The fourth-order valence-corrected chi connectivity index (χ4v) is 9.40. The Labute approximate surface area is 329 Å². The number of allylic oxidation sites excluding steroid dienone is 4. The van der Waals surface area contributed by atoms with Gasteiger partial charge in [0, 0.05) is 0 Å². The first-order valence-corrected chi connectivity index (χ1v) is 20.3. The molecule has 0 heterocycles. The van der Waals surface area contributed by atoms with Crippen LogP contribution in [0.4, 0.5) is 0 Å². The third-order valence-electron chi connectivity index (χ3n) is 11.8. The maximum absolute atomic E-state index is 2.59. The molecule has 0 nitrogen and oxygen atoms in total. The fraction of sp³-hybridized carbons (Fsp3) is 0.309. The molecule has 0 radical (unpaired) electrons. The van der Waals surface area contributed by atoms with Gasteiger partial charge in [0.25, 0.3) is 0 Å². The Morgan fingerprint density at radius 1 is 0.509 bits per heavy atom. The molecule has 2 aliphatic carbocycles. The van der Waals surface area contributed by atoms with Crippen molar-refractivity contribution in [1.29, 1.82) is 0 Å². The number of fused-ring (bicyclic) bond motifs is 4. The van der Waals surface area contributed by atoms with Gasteiger partial charge in [-0.3, -0.25) is 0 Å². The summed E-state index contributed by atoms with van der Waals surface area (Å²) in [5, 5.41) is 10.5. The van der Waals surface area contributed by atoms with Gasteiger partial charge in [-0.2, -0.15) is 0 Å². The van der Waals surface area contributed by atoms with Crippen molar-refractivity contribution in [2.45, 2.75) is 111 Å². The molecule has 0 bridgehead atoms. The standard InChI is InChI=1S/C55H58/c1-52(2,3)44-32-41-31-43-47(36-21-15-16-22-36)50(54(7,8)9)51(55(10,11)12)49(48(43)42(41)33-45(44)53(4,5)6)46(39-27-25-34-19-13-17-23-37(34)29-39)40-28-26-35-20-14-18-24-38(35)30-40/h13-21,23-33H,22H2,1-12H3. The molecule has 0 aliphatic heterocycles. The molecule has 0 saturated heterocycles. The van der Waals surface area contributed by atoms with Gasteiger partial charge in [0.15, 0.2) is 0 Å². The van der Waals surface area contributed by atoms with Crippen molar-refractivity contribution in [2.24, 2.45) is 0 Å². The Morgan fingerprint density at radius 3 is 1.49 bits per heavy atom. The number of rotatable bonds is 3. The normalized spacial score (nSPS) is 14.3. The maximum Gasteiger partial charge on any atom is -0.00167 e. The van der Waals surface area contributed by atoms with Crippen molar-refractivity contribution in [1.82, 2.24) is 0 Å². The van der Waals surface area contributed by atoms with Crippen molar-refractivity contribution in [3.63, 3.8) is 0 Å². The predicted molar refractivity (Wildman–Crippen MR) is 239 cm³/mol. The molecule has 6 aromatic carbocycles. The van der Waals surface area contributed by atoms with Crippen molar-refractivity contribution in [3.05, 3.63) is 181 Å². The zero-order chi connectivity index (χ0) is 39.2. The van der Waals surface area contributed by atoms with Crippen molar-refractivity contribution in [2.75, 3.05) is 0 Å². The minimum atomic E-state index is -0.172. The van der Waals surface area contributed by atoms with Crippen LogP contribution >= 0.6 is 0 Å². The first-order valence-electron chi connectivity index (χ1n) is 20.3. The highest BCUT2D eigenvalue weighted by Crippen LogP contribution is 2.44. The van der Waals surface area contributed by atoms with Crippen LogP contribution in [0.3, 0.4) is 0 Å². The van der Waals surface area contributed by atoms with Gasteiger partial charge in [-0.1, -0.05) is 180 Å². The summed E-state index contributed by atoms with van der Waals surface area (Å²) in [5.74, 6) is 0. The molecule has 0 heteroatoms. The summed E-state index contributed by atoms with van der Waals surface area (Å²) in [7, 11) is 0. The average molecular weight is 719 g/mol. The van der Waals surface area contributed by atoms with Crippen LogP contribution in [-0.2, 0) is 21.7 Å². The van der Waals surface area contributed by atoms with E-state index >= 15 is 0 Å². The predicted octanol–water partition coefficient (Wildman–Crippen LogP) is 13.2. The molecule has 0 aromatic heterocycles. The highest BCUT2D eigenvalue weighted by atomic mass is 14.4. The summed E-state index contributed by atoms with van der Waals surface area (Å²) < 4.78 is 0. The quantitative estimate of drug-likeness (QED) is 0.171. The molecule has 0 N–H and O–H groups in total. The zero-order valence-corrected chi connectivity index (χ0v) is 35.3. The second-order valence-corrected chi connectivity index (χ2v) is 20.2. The third kappa shape index (κ3) is 6.42. The van der Waals surface area contributed by atoms with Gasteiger partial charge in [0.2, 0.25) is 0 Å². The van der Waals surface area contributed by atoms with Crippen LogP contribution in [0.25, 0.3) is 38.8 Å². The molecule has 6 aromatic rings. The Morgan fingerprint density at radius 2 is 1.02 bits per heavy atom. The van der Waals surface area contributed by atoms with Gasteiger partial charge >= 0.3 is 0 Å². The lowest BCUT2D eigenvalue weighted by atomic mass is 9.68. The van der Waals surface area contributed by atoms with Crippen LogP contribution in [0.1, 0.15) is 134 Å². The van der Waals surface area contributed by atoms with Crippen molar-refractivity contribution < 1.29 is 0 Å². The van der Waals surface area contributed by atoms with Crippen molar-refractivity contribution in [3.8, 4) is 0 Å². The third-order valence-corrected chi connectivity index (χ3v) is 11.8. The number of benzene rings is 6. The van der Waals surface area contributed by atoms with Crippen LogP contribution in [0, 0.1) is 10.4 Å². The van der Waals surface area contributed by atoms with E-state index in [9.17, 15) is 0 Å². The topological polar surface area (TPSA) is 0 Å². The van der Waals surface area contributed by atoms with Crippen LogP contribution in [-0.4, -0.2) is 0 Å². The second-order valence-electron chi connectivity index (χ2n) is 20.2. The van der Waals surface area contributed by atoms with Gasteiger partial charge in [0.05, 0.1) is 0 Å². The van der Waals surface area contributed by atoms with E-state index in [0.717, 1.165) is 6.42 Å². The Balaban J connectivity index is 1.76. The maximum atomic E-state index is 2.59. The van der Waals surface area contributed by atoms with Gasteiger partial charge < -0.3 is 0 Å². The Kier molecular flexibility index (Phi) is 8.62. The van der Waals surface area contributed by atoms with E-state index in [1.165, 1.54) is 98.1 Å². The zero-order valence-electron chi connectivity index (χ0n) is 35.3. The van der Waals surface area contributed by atoms with Crippen LogP contribution < -0.4 is 10.4 Å². The molecule has 55 heavy (non-hydrogen) atoms. The number of hydrogen-bond donors (Lipinski definition) is 0. The highest BCUT2D eigenvalue weighted by molar-refractivity contribution is 5.94. The molecule has 0 saturated carbocycles. The molecule has 8 rings (SSSR count). The summed E-state index contributed by atoms with van der Waals surface area (Å²) in [6, 6.07) is 37.0. The largest absolute Gasteiger partial charge is 0.0801 e. The van der Waals surface area contributed by atoms with Crippen LogP contribution in [0.15, 0.2) is 115 Å². The highest BCUT2D eigenvalue weighted by Gasteiger charge is 2.35. The summed E-state index contributed by atoms with van der Waals surface area (Å²) in [5.41, 5.74) is 13.5. The van der Waals surface area contributed by atoms with E-state index in [-0.39, 0.29) is 21.7 Å². The minimum Gasteiger partial charge on any atom is -0.0801 e. The van der Waals surface area contributed by atoms with E-state index in [1.807, 2.05) is 0 Å². The first kappa shape index (κ1) is 37.0. The lowest BCUT2D eigenvalue weighted by Gasteiger charge is -2.35.